The molecule has 1 atom stereocenters. The van der Waals surface area contributed by atoms with Crippen molar-refractivity contribution in [2.24, 2.45) is 0 Å². The summed E-state index contributed by atoms with van der Waals surface area (Å²) in [6.45, 7) is 2.96. The van der Waals surface area contributed by atoms with E-state index in [1.54, 1.807) is 0 Å². The first kappa shape index (κ1) is 9.83. The minimum absolute atomic E-state index is 0.0575. The summed E-state index contributed by atoms with van der Waals surface area (Å²) in [6, 6.07) is 7.61. The van der Waals surface area contributed by atoms with E-state index in [0.29, 0.717) is 13.2 Å². The SMILES string of the molecule is CCOc1cccc([C@H]2COC(=O)N2)c1. The lowest BCUT2D eigenvalue weighted by Crippen LogP contribution is -2.18. The standard InChI is InChI=1S/C11H13NO3/c1-2-14-9-5-3-4-8(6-9)10-7-15-11(13)12-10/h3-6,10H,2,7H2,1H3,(H,12,13)/t10-/m1/s1. The van der Waals surface area contributed by atoms with Crippen LogP contribution in [0.2, 0.25) is 0 Å². The fraction of sp³-hybridized carbons (Fsp3) is 0.364. The van der Waals surface area contributed by atoms with E-state index in [2.05, 4.69) is 5.32 Å². The van der Waals surface area contributed by atoms with E-state index >= 15 is 0 Å². The van der Waals surface area contributed by atoms with Crippen molar-refractivity contribution in [1.82, 2.24) is 5.32 Å². The van der Waals surface area contributed by atoms with Crippen LogP contribution in [-0.4, -0.2) is 19.3 Å². The van der Waals surface area contributed by atoms with Crippen molar-refractivity contribution < 1.29 is 14.3 Å². The van der Waals surface area contributed by atoms with E-state index in [4.69, 9.17) is 9.47 Å². The third-order valence-electron chi connectivity index (χ3n) is 2.24. The highest BCUT2D eigenvalue weighted by molar-refractivity contribution is 5.70. The predicted octanol–water partition coefficient (Wildman–Crippen LogP) is 1.87. The van der Waals surface area contributed by atoms with Crippen molar-refractivity contribution in [3.63, 3.8) is 0 Å². The van der Waals surface area contributed by atoms with Crippen LogP contribution in [0, 0.1) is 0 Å². The van der Waals surface area contributed by atoms with Crippen LogP contribution in [0.15, 0.2) is 24.3 Å². The minimum atomic E-state index is -0.359. The van der Waals surface area contributed by atoms with Crippen LogP contribution in [0.3, 0.4) is 0 Å². The van der Waals surface area contributed by atoms with Gasteiger partial charge in [-0.15, -0.1) is 0 Å². The molecule has 1 saturated heterocycles. The Morgan fingerprint density at radius 2 is 2.47 bits per heavy atom. The molecule has 1 aliphatic rings. The zero-order chi connectivity index (χ0) is 10.7. The van der Waals surface area contributed by atoms with Crippen LogP contribution in [-0.2, 0) is 4.74 Å². The molecular formula is C11H13NO3. The second-order valence-corrected chi connectivity index (χ2v) is 3.30. The number of hydrogen-bond donors (Lipinski definition) is 1. The molecule has 0 bridgehead atoms. The Bertz CT molecular complexity index is 365. The first-order valence-corrected chi connectivity index (χ1v) is 4.95. The van der Waals surface area contributed by atoms with Gasteiger partial charge in [0.2, 0.25) is 0 Å². The second kappa shape index (κ2) is 4.21. The van der Waals surface area contributed by atoms with Crippen LogP contribution in [0.1, 0.15) is 18.5 Å². The first-order chi connectivity index (χ1) is 7.29. The Morgan fingerprint density at radius 3 is 3.13 bits per heavy atom. The van der Waals surface area contributed by atoms with Gasteiger partial charge in [-0.05, 0) is 24.6 Å². The topological polar surface area (TPSA) is 47.6 Å². The lowest BCUT2D eigenvalue weighted by atomic mass is 10.1. The molecule has 2 rings (SSSR count). The van der Waals surface area contributed by atoms with Gasteiger partial charge in [-0.1, -0.05) is 12.1 Å². The Labute approximate surface area is 88.2 Å². The van der Waals surface area contributed by atoms with E-state index < -0.39 is 0 Å². The van der Waals surface area contributed by atoms with Gasteiger partial charge < -0.3 is 14.8 Å². The molecule has 0 radical (unpaired) electrons. The first-order valence-electron chi connectivity index (χ1n) is 4.95. The molecule has 1 N–H and O–H groups in total. The van der Waals surface area contributed by atoms with Gasteiger partial charge in [-0.25, -0.2) is 4.79 Å². The van der Waals surface area contributed by atoms with Gasteiger partial charge in [0.1, 0.15) is 12.4 Å². The second-order valence-electron chi connectivity index (χ2n) is 3.30. The van der Waals surface area contributed by atoms with E-state index in [-0.39, 0.29) is 12.1 Å². The van der Waals surface area contributed by atoms with E-state index in [0.717, 1.165) is 11.3 Å². The van der Waals surface area contributed by atoms with Gasteiger partial charge >= 0.3 is 6.09 Å². The lowest BCUT2D eigenvalue weighted by Gasteiger charge is -2.09. The van der Waals surface area contributed by atoms with Gasteiger partial charge in [-0.3, -0.25) is 0 Å². The summed E-state index contributed by atoms with van der Waals surface area (Å²) in [6.07, 6.45) is -0.359. The number of benzene rings is 1. The number of amides is 1. The summed E-state index contributed by atoms with van der Waals surface area (Å²) < 4.78 is 10.2. The number of alkyl carbamates (subject to hydrolysis) is 1. The molecule has 15 heavy (non-hydrogen) atoms. The van der Waals surface area contributed by atoms with Crippen LogP contribution in [0.4, 0.5) is 4.79 Å². The maximum atomic E-state index is 10.9. The number of hydrogen-bond acceptors (Lipinski definition) is 3. The van der Waals surface area contributed by atoms with Crippen LogP contribution >= 0.6 is 0 Å². The molecule has 1 aromatic carbocycles. The molecule has 1 aliphatic heterocycles. The predicted molar refractivity (Wildman–Crippen MR) is 54.8 cm³/mol. The maximum Gasteiger partial charge on any atom is 0.407 e. The number of nitrogens with one attached hydrogen (secondary N) is 1. The van der Waals surface area contributed by atoms with Crippen molar-refractivity contribution in [3.05, 3.63) is 29.8 Å². The molecular weight excluding hydrogens is 194 g/mol. The monoisotopic (exact) mass is 207 g/mol. The Morgan fingerprint density at radius 1 is 1.60 bits per heavy atom. The molecule has 1 amide bonds. The minimum Gasteiger partial charge on any atom is -0.494 e. The maximum absolute atomic E-state index is 10.9. The zero-order valence-electron chi connectivity index (χ0n) is 8.53. The fourth-order valence-corrected chi connectivity index (χ4v) is 1.55. The van der Waals surface area contributed by atoms with Gasteiger partial charge in [-0.2, -0.15) is 0 Å². The number of carbonyl (C=O) groups is 1. The highest BCUT2D eigenvalue weighted by atomic mass is 16.6. The number of rotatable bonds is 3. The third kappa shape index (κ3) is 2.21. The van der Waals surface area contributed by atoms with Gasteiger partial charge in [0.15, 0.2) is 0 Å². The van der Waals surface area contributed by atoms with Crippen molar-refractivity contribution in [1.29, 1.82) is 0 Å². The summed E-state index contributed by atoms with van der Waals surface area (Å²) in [5, 5.41) is 2.72. The Balaban J connectivity index is 2.14. The Hall–Kier alpha value is -1.71. The molecule has 80 valence electrons. The van der Waals surface area contributed by atoms with Gasteiger partial charge in [0, 0.05) is 0 Å². The molecule has 1 heterocycles. The summed E-state index contributed by atoms with van der Waals surface area (Å²) >= 11 is 0. The quantitative estimate of drug-likeness (QED) is 0.823. The van der Waals surface area contributed by atoms with Crippen molar-refractivity contribution in [2.75, 3.05) is 13.2 Å². The highest BCUT2D eigenvalue weighted by Gasteiger charge is 2.23. The summed E-state index contributed by atoms with van der Waals surface area (Å²) in [5.74, 6) is 0.816. The van der Waals surface area contributed by atoms with Crippen LogP contribution < -0.4 is 10.1 Å². The largest absolute Gasteiger partial charge is 0.494 e. The fourth-order valence-electron chi connectivity index (χ4n) is 1.55. The van der Waals surface area contributed by atoms with Crippen molar-refractivity contribution >= 4 is 6.09 Å². The van der Waals surface area contributed by atoms with E-state index in [1.807, 2.05) is 31.2 Å². The lowest BCUT2D eigenvalue weighted by molar-refractivity contribution is 0.177. The normalized spacial score (nSPS) is 19.5. The molecule has 0 spiro atoms. The average Bonchev–Trinajstić information content (AvgIpc) is 2.66. The summed E-state index contributed by atoms with van der Waals surface area (Å²) in [4.78, 5) is 10.9. The number of cyclic esters (lactones) is 1. The third-order valence-corrected chi connectivity index (χ3v) is 2.24. The zero-order valence-corrected chi connectivity index (χ0v) is 8.53. The molecule has 0 unspecified atom stereocenters. The molecule has 1 aromatic rings. The van der Waals surface area contributed by atoms with Gasteiger partial charge in [0.25, 0.3) is 0 Å². The van der Waals surface area contributed by atoms with E-state index in [1.165, 1.54) is 0 Å². The van der Waals surface area contributed by atoms with Crippen LogP contribution in [0.25, 0.3) is 0 Å². The number of ether oxygens (including phenoxy) is 2. The molecule has 0 aliphatic carbocycles. The Kier molecular flexibility index (Phi) is 2.76. The molecule has 0 saturated carbocycles. The summed E-state index contributed by atoms with van der Waals surface area (Å²) in [7, 11) is 0. The van der Waals surface area contributed by atoms with Crippen LogP contribution in [0.5, 0.6) is 5.75 Å². The molecule has 4 nitrogen and oxygen atoms in total. The van der Waals surface area contributed by atoms with Crippen molar-refractivity contribution in [3.8, 4) is 5.75 Å². The molecule has 1 fully saturated rings. The number of carbonyl (C=O) groups excluding carboxylic acids is 1. The smallest absolute Gasteiger partial charge is 0.407 e. The highest BCUT2D eigenvalue weighted by Crippen LogP contribution is 2.22. The average molecular weight is 207 g/mol. The molecule has 0 aromatic heterocycles. The van der Waals surface area contributed by atoms with E-state index in [9.17, 15) is 4.79 Å². The summed E-state index contributed by atoms with van der Waals surface area (Å²) in [5.41, 5.74) is 1.01. The van der Waals surface area contributed by atoms with Crippen molar-refractivity contribution in [2.45, 2.75) is 13.0 Å². The van der Waals surface area contributed by atoms with Gasteiger partial charge in [0.05, 0.1) is 12.6 Å². The molecule has 4 heteroatoms.